The molecule has 4 aromatic rings. The number of ether oxygens (including phenoxy) is 1. The summed E-state index contributed by atoms with van der Waals surface area (Å²) in [5, 5.41) is 13.9. The number of anilines is 2. The predicted octanol–water partition coefficient (Wildman–Crippen LogP) is 5.31. The zero-order chi connectivity index (χ0) is 26.1. The van der Waals surface area contributed by atoms with Crippen LogP contribution >= 0.6 is 0 Å². The number of benzene rings is 2. The van der Waals surface area contributed by atoms with Crippen molar-refractivity contribution in [3.63, 3.8) is 0 Å². The number of nitrogens with one attached hydrogen (secondary N) is 1. The summed E-state index contributed by atoms with van der Waals surface area (Å²) in [5.74, 6) is 1.02. The Bertz CT molecular complexity index is 1480. The summed E-state index contributed by atoms with van der Waals surface area (Å²) < 4.78 is 20.4. The third-order valence-corrected chi connectivity index (χ3v) is 6.78. The van der Waals surface area contributed by atoms with Crippen molar-refractivity contribution in [2.24, 2.45) is 5.92 Å². The molecular formula is C27H27FN6O3. The van der Waals surface area contributed by atoms with E-state index in [9.17, 15) is 14.3 Å². The number of likely N-dealkylation sites (tertiary alicyclic amines) is 1. The van der Waals surface area contributed by atoms with Gasteiger partial charge in [0.1, 0.15) is 11.6 Å². The Morgan fingerprint density at radius 1 is 1.16 bits per heavy atom. The van der Waals surface area contributed by atoms with E-state index in [1.165, 1.54) is 11.0 Å². The third-order valence-electron chi connectivity index (χ3n) is 6.78. The maximum Gasteiger partial charge on any atom is 0.407 e. The molecule has 10 heteroatoms. The molecule has 1 aliphatic heterocycles. The number of nitrogens with zero attached hydrogens (tertiary/aromatic N) is 4. The summed E-state index contributed by atoms with van der Waals surface area (Å²) in [5.41, 5.74) is 8.11. The Morgan fingerprint density at radius 3 is 2.78 bits per heavy atom. The normalized spacial score (nSPS) is 17.5. The van der Waals surface area contributed by atoms with Gasteiger partial charge in [-0.2, -0.15) is 0 Å². The molecule has 9 nitrogen and oxygen atoms in total. The van der Waals surface area contributed by atoms with Crippen LogP contribution in [0.15, 0.2) is 54.9 Å². The molecular weight excluding hydrogens is 475 g/mol. The Morgan fingerprint density at radius 2 is 1.97 bits per heavy atom. The van der Waals surface area contributed by atoms with Crippen molar-refractivity contribution in [2.45, 2.75) is 26.3 Å². The van der Waals surface area contributed by atoms with Gasteiger partial charge in [0.2, 0.25) is 11.8 Å². The van der Waals surface area contributed by atoms with Gasteiger partial charge < -0.3 is 25.8 Å². The standard InChI is InChI=1S/C27H27FN6O3/c1-15-10-13-34(27(35)36)14-22(15)33-26-31-12-9-21(32-26)19-4-3-11-30-25(19)37-24-16(2)5-6-17-18(24)7-8-20(28)23(17)29/h3-9,11-12,15,22H,10,13-14,29H2,1-2H3,(H,35,36)(H,31,32,33). The second-order valence-corrected chi connectivity index (χ2v) is 9.24. The van der Waals surface area contributed by atoms with Crippen LogP contribution in [0.4, 0.5) is 20.8 Å². The summed E-state index contributed by atoms with van der Waals surface area (Å²) in [6.07, 6.45) is 3.08. The molecule has 1 saturated heterocycles. The number of carbonyl (C=O) groups is 1. The van der Waals surface area contributed by atoms with Gasteiger partial charge in [0.25, 0.3) is 0 Å². The topological polar surface area (TPSA) is 126 Å². The number of aryl methyl sites for hydroxylation is 1. The average Bonchev–Trinajstić information content (AvgIpc) is 2.89. The minimum absolute atomic E-state index is 0.0634. The second kappa shape index (κ2) is 9.88. The fraction of sp³-hybridized carbons (Fsp3) is 0.259. The van der Waals surface area contributed by atoms with Crippen molar-refractivity contribution in [1.29, 1.82) is 0 Å². The lowest BCUT2D eigenvalue weighted by Gasteiger charge is -2.35. The van der Waals surface area contributed by atoms with E-state index >= 15 is 0 Å². The highest BCUT2D eigenvalue weighted by molar-refractivity contribution is 5.98. The largest absolute Gasteiger partial charge is 0.465 e. The van der Waals surface area contributed by atoms with E-state index in [4.69, 9.17) is 10.5 Å². The molecule has 1 aliphatic rings. The van der Waals surface area contributed by atoms with Crippen molar-refractivity contribution in [1.82, 2.24) is 19.9 Å². The number of carboxylic acid groups (broad SMARTS) is 1. The first-order chi connectivity index (χ1) is 17.8. The Labute approximate surface area is 213 Å². The molecule has 5 rings (SSSR count). The lowest BCUT2D eigenvalue weighted by molar-refractivity contribution is 0.122. The zero-order valence-electron chi connectivity index (χ0n) is 20.5. The van der Waals surface area contributed by atoms with Gasteiger partial charge in [0.15, 0.2) is 0 Å². The molecule has 2 aromatic heterocycles. The van der Waals surface area contributed by atoms with Gasteiger partial charge in [-0.15, -0.1) is 0 Å². The maximum atomic E-state index is 14.1. The van der Waals surface area contributed by atoms with Crippen molar-refractivity contribution < 1.29 is 19.0 Å². The molecule has 1 fully saturated rings. The van der Waals surface area contributed by atoms with Crippen LogP contribution in [0.3, 0.4) is 0 Å². The number of nitrogen functional groups attached to an aromatic ring is 1. The van der Waals surface area contributed by atoms with Crippen LogP contribution in [0.2, 0.25) is 0 Å². The van der Waals surface area contributed by atoms with Gasteiger partial charge in [-0.3, -0.25) is 0 Å². The number of halogens is 1. The van der Waals surface area contributed by atoms with Gasteiger partial charge in [-0.1, -0.05) is 19.1 Å². The number of fused-ring (bicyclic) bond motifs is 1. The predicted molar refractivity (Wildman–Crippen MR) is 139 cm³/mol. The molecule has 2 aromatic carbocycles. The quantitative estimate of drug-likeness (QED) is 0.313. The molecule has 0 bridgehead atoms. The van der Waals surface area contributed by atoms with E-state index in [2.05, 4.69) is 27.2 Å². The molecule has 0 aliphatic carbocycles. The van der Waals surface area contributed by atoms with Crippen molar-refractivity contribution in [2.75, 3.05) is 24.1 Å². The first kappa shape index (κ1) is 24.2. The number of amides is 1. The molecule has 190 valence electrons. The highest BCUT2D eigenvalue weighted by Crippen LogP contribution is 2.38. The first-order valence-electron chi connectivity index (χ1n) is 12.0. The van der Waals surface area contributed by atoms with Crippen LogP contribution in [-0.4, -0.2) is 50.2 Å². The summed E-state index contributed by atoms with van der Waals surface area (Å²) in [6, 6.07) is 11.8. The Hall–Kier alpha value is -4.47. The van der Waals surface area contributed by atoms with Crippen LogP contribution in [0.5, 0.6) is 11.6 Å². The molecule has 4 N–H and O–H groups in total. The van der Waals surface area contributed by atoms with Crippen molar-refractivity contribution >= 4 is 28.5 Å². The average molecular weight is 503 g/mol. The lowest BCUT2D eigenvalue weighted by Crippen LogP contribution is -2.48. The minimum atomic E-state index is -0.932. The molecule has 0 spiro atoms. The number of piperidine rings is 1. The van der Waals surface area contributed by atoms with Crippen molar-refractivity contribution in [3.05, 3.63) is 66.2 Å². The number of pyridine rings is 1. The number of hydrogen-bond acceptors (Lipinski definition) is 7. The summed E-state index contributed by atoms with van der Waals surface area (Å²) in [6.45, 7) is 4.85. The monoisotopic (exact) mass is 502 g/mol. The summed E-state index contributed by atoms with van der Waals surface area (Å²) in [7, 11) is 0. The van der Waals surface area contributed by atoms with Crippen LogP contribution in [0, 0.1) is 18.7 Å². The van der Waals surface area contributed by atoms with Gasteiger partial charge in [-0.25, -0.2) is 24.1 Å². The molecule has 0 radical (unpaired) electrons. The van der Waals surface area contributed by atoms with Crippen LogP contribution in [-0.2, 0) is 0 Å². The summed E-state index contributed by atoms with van der Waals surface area (Å²) >= 11 is 0. The number of nitrogens with two attached hydrogens (primary N) is 1. The van der Waals surface area contributed by atoms with Gasteiger partial charge in [0, 0.05) is 42.3 Å². The van der Waals surface area contributed by atoms with Gasteiger partial charge in [-0.05, 0) is 55.2 Å². The first-order valence-corrected chi connectivity index (χ1v) is 12.0. The number of hydrogen-bond donors (Lipinski definition) is 3. The van der Waals surface area contributed by atoms with Crippen molar-refractivity contribution in [3.8, 4) is 22.9 Å². The van der Waals surface area contributed by atoms with E-state index in [1.807, 2.05) is 19.1 Å². The highest BCUT2D eigenvalue weighted by Gasteiger charge is 2.29. The lowest BCUT2D eigenvalue weighted by atomic mass is 9.94. The molecule has 37 heavy (non-hydrogen) atoms. The highest BCUT2D eigenvalue weighted by atomic mass is 19.1. The summed E-state index contributed by atoms with van der Waals surface area (Å²) in [4.78, 5) is 26.3. The fourth-order valence-corrected chi connectivity index (χ4v) is 4.56. The number of aromatic nitrogens is 3. The van der Waals surface area contributed by atoms with Crippen LogP contribution < -0.4 is 15.8 Å². The van der Waals surface area contributed by atoms with E-state index < -0.39 is 11.9 Å². The van der Waals surface area contributed by atoms with E-state index in [0.717, 1.165) is 12.0 Å². The zero-order valence-corrected chi connectivity index (χ0v) is 20.5. The Balaban J connectivity index is 1.47. The third kappa shape index (κ3) is 4.82. The molecule has 1 amide bonds. The smallest absolute Gasteiger partial charge is 0.407 e. The fourth-order valence-electron chi connectivity index (χ4n) is 4.56. The Kier molecular flexibility index (Phi) is 6.47. The van der Waals surface area contributed by atoms with E-state index in [1.54, 1.807) is 36.7 Å². The maximum absolute atomic E-state index is 14.1. The second-order valence-electron chi connectivity index (χ2n) is 9.24. The van der Waals surface area contributed by atoms with E-state index in [-0.39, 0.29) is 17.6 Å². The number of rotatable bonds is 5. The van der Waals surface area contributed by atoms with Gasteiger partial charge >= 0.3 is 6.09 Å². The van der Waals surface area contributed by atoms with Crippen LogP contribution in [0.1, 0.15) is 18.9 Å². The van der Waals surface area contributed by atoms with Gasteiger partial charge in [0.05, 0.1) is 16.9 Å². The van der Waals surface area contributed by atoms with Crippen LogP contribution in [0.25, 0.3) is 22.0 Å². The molecule has 0 saturated carbocycles. The minimum Gasteiger partial charge on any atom is -0.465 e. The van der Waals surface area contributed by atoms with E-state index in [0.29, 0.717) is 52.7 Å². The molecule has 2 unspecified atom stereocenters. The molecule has 3 heterocycles. The SMILES string of the molecule is Cc1ccc2c(N)c(F)ccc2c1Oc1ncccc1-c1ccnc(NC2CN(C(=O)O)CCC2C)n1. The molecule has 2 atom stereocenters.